The monoisotopic (exact) mass is 254 g/mol. The van der Waals surface area contributed by atoms with Crippen molar-refractivity contribution in [2.75, 3.05) is 6.54 Å². The maximum absolute atomic E-state index is 12.2. The number of Topliss-reactive ketones (excluding diaryl/α,β-unsaturated/α-hetero) is 1. The van der Waals surface area contributed by atoms with E-state index in [2.05, 4.69) is 4.99 Å². The third kappa shape index (κ3) is 2.27. The number of carbonyl (C=O) groups excluding carboxylic acids is 1. The molecule has 0 saturated heterocycles. The Hall–Kier alpha value is -2.41. The van der Waals surface area contributed by atoms with Crippen molar-refractivity contribution >= 4 is 17.3 Å². The Balaban J connectivity index is 2.41. The van der Waals surface area contributed by atoms with Gasteiger partial charge in [0.1, 0.15) is 23.1 Å². The molecule has 0 bridgehead atoms. The van der Waals surface area contributed by atoms with Crippen molar-refractivity contribution in [2.45, 2.75) is 19.8 Å². The molecule has 4 nitrogen and oxygen atoms in total. The van der Waals surface area contributed by atoms with Crippen LogP contribution in [0, 0.1) is 11.3 Å². The molecule has 19 heavy (non-hydrogen) atoms. The number of aliphatic imine (C=N–C) groups is 1. The van der Waals surface area contributed by atoms with E-state index in [0.29, 0.717) is 17.7 Å². The second kappa shape index (κ2) is 5.49. The summed E-state index contributed by atoms with van der Waals surface area (Å²) < 4.78 is 0. The lowest BCUT2D eigenvalue weighted by atomic mass is 10.1. The van der Waals surface area contributed by atoms with Crippen LogP contribution in [-0.4, -0.2) is 23.1 Å². The summed E-state index contributed by atoms with van der Waals surface area (Å²) >= 11 is 0. The van der Waals surface area contributed by atoms with E-state index in [1.807, 2.05) is 13.0 Å². The highest BCUT2D eigenvalue weighted by atomic mass is 16.3. The predicted octanol–water partition coefficient (Wildman–Crippen LogP) is 2.92. The second-order valence-electron chi connectivity index (χ2n) is 4.29. The fourth-order valence-electron chi connectivity index (χ4n) is 2.00. The van der Waals surface area contributed by atoms with E-state index in [4.69, 9.17) is 5.26 Å². The van der Waals surface area contributed by atoms with Crippen LogP contribution in [0.3, 0.4) is 0 Å². The van der Waals surface area contributed by atoms with Crippen molar-refractivity contribution in [3.8, 4) is 6.07 Å². The Morgan fingerprint density at radius 2 is 2.05 bits per heavy atom. The molecule has 1 N–H and O–H groups in total. The third-order valence-electron chi connectivity index (χ3n) is 3.01. The summed E-state index contributed by atoms with van der Waals surface area (Å²) in [5.41, 5.74) is 0.946. The first-order chi connectivity index (χ1) is 9.20. The summed E-state index contributed by atoms with van der Waals surface area (Å²) in [4.78, 5) is 16.3. The lowest BCUT2D eigenvalue weighted by Crippen LogP contribution is -2.09. The van der Waals surface area contributed by atoms with Gasteiger partial charge in [-0.1, -0.05) is 37.6 Å². The van der Waals surface area contributed by atoms with Crippen LogP contribution in [0.1, 0.15) is 35.7 Å². The van der Waals surface area contributed by atoms with E-state index < -0.39 is 0 Å². The van der Waals surface area contributed by atoms with Crippen molar-refractivity contribution < 1.29 is 9.90 Å². The molecule has 0 unspecified atom stereocenters. The molecule has 0 fully saturated rings. The van der Waals surface area contributed by atoms with Crippen molar-refractivity contribution in [1.82, 2.24) is 0 Å². The highest BCUT2D eigenvalue weighted by molar-refractivity contribution is 6.39. The van der Waals surface area contributed by atoms with E-state index in [1.54, 1.807) is 24.3 Å². The number of hydrogen-bond donors (Lipinski definition) is 1. The Bertz CT molecular complexity index is 621. The minimum Gasteiger partial charge on any atom is -0.506 e. The normalized spacial score (nSPS) is 14.5. The van der Waals surface area contributed by atoms with Gasteiger partial charge in [0, 0.05) is 17.7 Å². The molecule has 1 aliphatic carbocycles. The lowest BCUT2D eigenvalue weighted by Gasteiger charge is -1.99. The molecule has 4 heteroatoms. The highest BCUT2D eigenvalue weighted by Crippen LogP contribution is 2.31. The zero-order valence-electron chi connectivity index (χ0n) is 10.7. The van der Waals surface area contributed by atoms with E-state index in [-0.39, 0.29) is 22.8 Å². The van der Waals surface area contributed by atoms with Gasteiger partial charge in [-0.3, -0.25) is 9.79 Å². The van der Waals surface area contributed by atoms with Gasteiger partial charge in [-0.15, -0.1) is 0 Å². The number of carbonyl (C=O) groups is 1. The van der Waals surface area contributed by atoms with Crippen LogP contribution < -0.4 is 0 Å². The first-order valence-electron chi connectivity index (χ1n) is 6.23. The van der Waals surface area contributed by atoms with Gasteiger partial charge in [-0.25, -0.2) is 0 Å². The largest absolute Gasteiger partial charge is 0.506 e. The van der Waals surface area contributed by atoms with Crippen LogP contribution in [0.4, 0.5) is 0 Å². The van der Waals surface area contributed by atoms with Gasteiger partial charge in [0.2, 0.25) is 0 Å². The zero-order valence-corrected chi connectivity index (χ0v) is 10.7. The number of ketones is 1. The second-order valence-corrected chi connectivity index (χ2v) is 4.29. The van der Waals surface area contributed by atoms with Gasteiger partial charge >= 0.3 is 0 Å². The molecular weight excluding hydrogens is 240 g/mol. The number of aliphatic hydroxyl groups is 1. The predicted molar refractivity (Wildman–Crippen MR) is 73.1 cm³/mol. The first-order valence-corrected chi connectivity index (χ1v) is 6.23. The summed E-state index contributed by atoms with van der Waals surface area (Å²) in [5.74, 6) is -0.470. The number of allylic oxidation sites excluding steroid dienone is 1. The average Bonchev–Trinajstić information content (AvgIpc) is 2.69. The molecule has 1 aromatic rings. The minimum atomic E-state index is -0.329. The van der Waals surface area contributed by atoms with E-state index in [1.165, 1.54) is 0 Å². The molecule has 0 heterocycles. The number of aliphatic hydroxyl groups excluding tert-OH is 1. The number of benzene rings is 1. The van der Waals surface area contributed by atoms with Gasteiger partial charge in [-0.2, -0.15) is 5.26 Å². The summed E-state index contributed by atoms with van der Waals surface area (Å²) in [6.45, 7) is 2.51. The quantitative estimate of drug-likeness (QED) is 0.663. The van der Waals surface area contributed by atoms with Crippen LogP contribution in [0.15, 0.2) is 34.8 Å². The standard InChI is InChI=1S/C15H14N2O2/c1-2-3-8-17-12(9-16)13-14(18)10-6-4-5-7-11(10)15(13)19/h4-7,18H,2-3,8H2,1H3. The lowest BCUT2D eigenvalue weighted by molar-refractivity contribution is 0.104. The maximum Gasteiger partial charge on any atom is 0.200 e. The number of fused-ring (bicyclic) bond motifs is 1. The van der Waals surface area contributed by atoms with Crippen molar-refractivity contribution in [1.29, 1.82) is 5.26 Å². The summed E-state index contributed by atoms with van der Waals surface area (Å²) in [5, 5.41) is 19.2. The van der Waals surface area contributed by atoms with Crippen LogP contribution in [0.25, 0.3) is 5.76 Å². The van der Waals surface area contributed by atoms with Crippen LogP contribution in [0.2, 0.25) is 0 Å². The highest BCUT2D eigenvalue weighted by Gasteiger charge is 2.32. The first kappa shape index (κ1) is 13.0. The molecule has 0 spiro atoms. The molecule has 0 atom stereocenters. The fraction of sp³-hybridized carbons (Fsp3) is 0.267. The third-order valence-corrected chi connectivity index (χ3v) is 3.01. The van der Waals surface area contributed by atoms with E-state index in [9.17, 15) is 9.90 Å². The fourth-order valence-corrected chi connectivity index (χ4v) is 2.00. The molecule has 0 radical (unpaired) electrons. The number of nitriles is 1. The summed E-state index contributed by atoms with van der Waals surface area (Å²) in [7, 11) is 0. The van der Waals surface area contributed by atoms with Crippen molar-refractivity contribution in [2.24, 2.45) is 4.99 Å². The summed E-state index contributed by atoms with van der Waals surface area (Å²) in [6, 6.07) is 8.68. The number of unbranched alkanes of at least 4 members (excludes halogenated alkanes) is 1. The molecule has 0 amide bonds. The number of nitrogens with zero attached hydrogens (tertiary/aromatic N) is 2. The molecule has 0 saturated carbocycles. The Morgan fingerprint density at radius 1 is 1.37 bits per heavy atom. The Morgan fingerprint density at radius 3 is 2.63 bits per heavy atom. The molecular formula is C15H14N2O2. The Labute approximate surface area is 111 Å². The molecule has 0 aromatic heterocycles. The molecule has 96 valence electrons. The van der Waals surface area contributed by atoms with Crippen molar-refractivity contribution in [3.05, 3.63) is 41.0 Å². The zero-order chi connectivity index (χ0) is 13.8. The van der Waals surface area contributed by atoms with Gasteiger partial charge in [0.05, 0.1) is 0 Å². The average molecular weight is 254 g/mol. The van der Waals surface area contributed by atoms with Gasteiger partial charge in [0.25, 0.3) is 0 Å². The smallest absolute Gasteiger partial charge is 0.200 e. The van der Waals surface area contributed by atoms with Gasteiger partial charge in [-0.05, 0) is 6.42 Å². The minimum absolute atomic E-state index is 0.0205. The molecule has 1 aromatic carbocycles. The van der Waals surface area contributed by atoms with Crippen LogP contribution in [0.5, 0.6) is 0 Å². The topological polar surface area (TPSA) is 73.4 Å². The van der Waals surface area contributed by atoms with Gasteiger partial charge < -0.3 is 5.11 Å². The van der Waals surface area contributed by atoms with Crippen LogP contribution >= 0.6 is 0 Å². The molecule has 1 aliphatic rings. The number of rotatable bonds is 4. The Kier molecular flexibility index (Phi) is 3.76. The summed E-state index contributed by atoms with van der Waals surface area (Å²) in [6.07, 6.45) is 1.81. The van der Waals surface area contributed by atoms with Crippen LogP contribution in [-0.2, 0) is 0 Å². The molecule has 2 rings (SSSR count). The van der Waals surface area contributed by atoms with E-state index >= 15 is 0 Å². The SMILES string of the molecule is CCCCN=C(C#N)C1=C(O)c2ccccc2C1=O. The maximum atomic E-state index is 12.2. The van der Waals surface area contributed by atoms with E-state index in [0.717, 1.165) is 12.8 Å². The number of hydrogen-bond acceptors (Lipinski definition) is 4. The van der Waals surface area contributed by atoms with Crippen molar-refractivity contribution in [3.63, 3.8) is 0 Å². The van der Waals surface area contributed by atoms with Gasteiger partial charge in [0.15, 0.2) is 5.78 Å². The molecule has 0 aliphatic heterocycles.